The highest BCUT2D eigenvalue weighted by atomic mass is 16.6. The largest absolute Gasteiger partial charge is 0.481 e. The molecule has 0 radical (unpaired) electrons. The Balaban J connectivity index is 1.38. The van der Waals surface area contributed by atoms with E-state index in [0.29, 0.717) is 0 Å². The van der Waals surface area contributed by atoms with Crippen LogP contribution in [-0.4, -0.2) is 30.3 Å². The van der Waals surface area contributed by atoms with Crippen LogP contribution in [0, 0.1) is 11.8 Å². The van der Waals surface area contributed by atoms with Crippen LogP contribution in [0.1, 0.15) is 25.7 Å². The lowest BCUT2D eigenvalue weighted by molar-refractivity contribution is 0.102. The van der Waals surface area contributed by atoms with Gasteiger partial charge in [-0.15, -0.1) is 0 Å². The average Bonchev–Trinajstić information content (AvgIpc) is 3.10. The molecule has 1 aliphatic carbocycles. The van der Waals surface area contributed by atoms with Crippen molar-refractivity contribution in [1.82, 2.24) is 10.3 Å². The summed E-state index contributed by atoms with van der Waals surface area (Å²) < 4.78 is 10.8. The molecular formula is C19H20N2O3. The van der Waals surface area contributed by atoms with Crippen LogP contribution >= 0.6 is 0 Å². The molecule has 1 heterocycles. The van der Waals surface area contributed by atoms with Crippen molar-refractivity contribution in [2.24, 2.45) is 0 Å². The highest BCUT2D eigenvalue weighted by Crippen LogP contribution is 2.20. The van der Waals surface area contributed by atoms with Crippen molar-refractivity contribution in [3.8, 4) is 17.6 Å². The quantitative estimate of drug-likeness (QED) is 0.877. The van der Waals surface area contributed by atoms with Crippen LogP contribution in [0.4, 0.5) is 4.79 Å². The minimum absolute atomic E-state index is 0.0720. The highest BCUT2D eigenvalue weighted by Gasteiger charge is 2.18. The fourth-order valence-corrected chi connectivity index (χ4v) is 2.68. The third-order valence-electron chi connectivity index (χ3n) is 3.91. The third-order valence-corrected chi connectivity index (χ3v) is 3.91. The van der Waals surface area contributed by atoms with Crippen molar-refractivity contribution < 1.29 is 14.3 Å². The molecule has 0 aliphatic heterocycles. The van der Waals surface area contributed by atoms with Crippen molar-refractivity contribution in [1.29, 1.82) is 0 Å². The Hall–Kier alpha value is -2.74. The van der Waals surface area contributed by atoms with Crippen molar-refractivity contribution in [3.63, 3.8) is 0 Å². The molecule has 1 fully saturated rings. The lowest BCUT2D eigenvalue weighted by Gasteiger charge is -2.10. The normalized spacial score (nSPS) is 14.0. The maximum absolute atomic E-state index is 11.5. The number of hydrogen-bond acceptors (Lipinski definition) is 4. The van der Waals surface area contributed by atoms with Gasteiger partial charge in [0.1, 0.15) is 18.5 Å². The monoisotopic (exact) mass is 324 g/mol. The fourth-order valence-electron chi connectivity index (χ4n) is 2.68. The summed E-state index contributed by atoms with van der Waals surface area (Å²) >= 11 is 0. The van der Waals surface area contributed by atoms with Crippen molar-refractivity contribution >= 4 is 17.0 Å². The Bertz CT molecular complexity index is 758. The lowest BCUT2D eigenvalue weighted by Crippen LogP contribution is -2.28. The fraction of sp³-hybridized carbons (Fsp3) is 0.368. The number of nitrogens with one attached hydrogen (secondary N) is 1. The number of nitrogens with zero attached hydrogens (tertiary/aromatic N) is 1. The molecule has 0 unspecified atom stereocenters. The molecule has 2 aromatic rings. The van der Waals surface area contributed by atoms with Gasteiger partial charge >= 0.3 is 6.09 Å². The summed E-state index contributed by atoms with van der Waals surface area (Å²) in [7, 11) is 0. The van der Waals surface area contributed by atoms with Gasteiger partial charge in [0, 0.05) is 17.6 Å². The number of benzene rings is 1. The van der Waals surface area contributed by atoms with Gasteiger partial charge in [0.2, 0.25) is 0 Å². The number of carbonyl (C=O) groups is 1. The molecule has 0 atom stereocenters. The van der Waals surface area contributed by atoms with Gasteiger partial charge in [0.05, 0.1) is 12.1 Å². The molecule has 1 saturated carbocycles. The summed E-state index contributed by atoms with van der Waals surface area (Å²) in [5.41, 5.74) is 0.888. The molecule has 24 heavy (non-hydrogen) atoms. The van der Waals surface area contributed by atoms with Crippen LogP contribution in [0.2, 0.25) is 0 Å². The first-order chi connectivity index (χ1) is 11.8. The van der Waals surface area contributed by atoms with Crippen molar-refractivity contribution in [2.75, 3.05) is 13.2 Å². The van der Waals surface area contributed by atoms with Crippen molar-refractivity contribution in [2.45, 2.75) is 31.8 Å². The van der Waals surface area contributed by atoms with Gasteiger partial charge in [-0.3, -0.25) is 4.98 Å². The van der Waals surface area contributed by atoms with Gasteiger partial charge in [-0.2, -0.15) is 0 Å². The minimum atomic E-state index is -0.391. The van der Waals surface area contributed by atoms with E-state index in [1.807, 2.05) is 30.3 Å². The molecule has 0 spiro atoms. The van der Waals surface area contributed by atoms with E-state index in [1.165, 1.54) is 0 Å². The maximum atomic E-state index is 11.5. The molecule has 1 aromatic carbocycles. The number of hydrogen-bond donors (Lipinski definition) is 1. The molecule has 1 amide bonds. The van der Waals surface area contributed by atoms with Crippen LogP contribution in [0.3, 0.4) is 0 Å². The van der Waals surface area contributed by atoms with Crippen LogP contribution in [0.25, 0.3) is 10.9 Å². The second kappa shape index (κ2) is 8.21. The molecule has 1 aromatic heterocycles. The SMILES string of the molecule is O=C(NCC#CCOc1ccc2cccnc2c1)OC1CCCC1. The zero-order valence-electron chi connectivity index (χ0n) is 13.5. The minimum Gasteiger partial charge on any atom is -0.481 e. The number of amides is 1. The second-order valence-corrected chi connectivity index (χ2v) is 5.67. The van der Waals surface area contributed by atoms with Crippen LogP contribution in [-0.2, 0) is 4.74 Å². The van der Waals surface area contributed by atoms with E-state index in [1.54, 1.807) is 6.20 Å². The first-order valence-electron chi connectivity index (χ1n) is 8.19. The molecule has 5 heteroatoms. The number of fused-ring (bicyclic) bond motifs is 1. The summed E-state index contributed by atoms with van der Waals surface area (Å²) in [6.45, 7) is 0.520. The zero-order valence-corrected chi connectivity index (χ0v) is 13.5. The summed E-state index contributed by atoms with van der Waals surface area (Å²) in [6, 6.07) is 9.64. The molecule has 1 aliphatic rings. The topological polar surface area (TPSA) is 60.5 Å². The van der Waals surface area contributed by atoms with E-state index in [2.05, 4.69) is 22.1 Å². The van der Waals surface area contributed by atoms with Gasteiger partial charge in [-0.05, 0) is 43.9 Å². The Morgan fingerprint density at radius 2 is 2.12 bits per heavy atom. The number of aromatic nitrogens is 1. The number of pyridine rings is 1. The van der Waals surface area contributed by atoms with E-state index < -0.39 is 6.09 Å². The Kier molecular flexibility index (Phi) is 5.52. The Labute approximate surface area is 141 Å². The van der Waals surface area contributed by atoms with Crippen LogP contribution in [0.5, 0.6) is 5.75 Å². The first kappa shape index (κ1) is 16.1. The molecule has 1 N–H and O–H groups in total. The third kappa shape index (κ3) is 4.63. The van der Waals surface area contributed by atoms with E-state index in [9.17, 15) is 4.79 Å². The van der Waals surface area contributed by atoms with Gasteiger partial charge in [-0.25, -0.2) is 4.79 Å². The van der Waals surface area contributed by atoms with Gasteiger partial charge in [-0.1, -0.05) is 17.9 Å². The highest BCUT2D eigenvalue weighted by molar-refractivity contribution is 5.79. The smallest absolute Gasteiger partial charge is 0.408 e. The molecule has 124 valence electrons. The Morgan fingerprint density at radius 1 is 1.25 bits per heavy atom. The predicted molar refractivity (Wildman–Crippen MR) is 91.8 cm³/mol. The number of rotatable bonds is 4. The molecular weight excluding hydrogens is 304 g/mol. The number of ether oxygens (including phenoxy) is 2. The van der Waals surface area contributed by atoms with Crippen LogP contribution < -0.4 is 10.1 Å². The van der Waals surface area contributed by atoms with Crippen LogP contribution in [0.15, 0.2) is 36.5 Å². The predicted octanol–water partition coefficient (Wildman–Crippen LogP) is 3.29. The summed E-state index contributed by atoms with van der Waals surface area (Å²) in [5.74, 6) is 6.44. The van der Waals surface area contributed by atoms with E-state index in [0.717, 1.165) is 42.3 Å². The van der Waals surface area contributed by atoms with E-state index in [4.69, 9.17) is 9.47 Å². The summed E-state index contributed by atoms with van der Waals surface area (Å²) in [4.78, 5) is 15.8. The number of alkyl carbamates (subject to hydrolysis) is 1. The summed E-state index contributed by atoms with van der Waals surface area (Å²) in [5, 5.41) is 3.70. The van der Waals surface area contributed by atoms with E-state index in [-0.39, 0.29) is 19.3 Å². The zero-order chi connectivity index (χ0) is 16.6. The summed E-state index contributed by atoms with van der Waals surface area (Å²) in [6.07, 6.45) is 5.64. The van der Waals surface area contributed by atoms with Crippen molar-refractivity contribution in [3.05, 3.63) is 36.5 Å². The standard InChI is InChI=1S/C19H20N2O3/c22-19(24-16-7-1-2-8-16)21-11-3-4-13-23-17-10-9-15-6-5-12-20-18(15)14-17/h5-6,9-10,12,14,16H,1-2,7-8,11,13H2,(H,21,22). The lowest BCUT2D eigenvalue weighted by atomic mass is 10.2. The number of carbonyl (C=O) groups excluding carboxylic acids is 1. The Morgan fingerprint density at radius 3 is 3.00 bits per heavy atom. The van der Waals surface area contributed by atoms with Gasteiger partial charge in [0.25, 0.3) is 0 Å². The molecule has 5 nitrogen and oxygen atoms in total. The van der Waals surface area contributed by atoms with Gasteiger partial charge in [0.15, 0.2) is 0 Å². The maximum Gasteiger partial charge on any atom is 0.408 e. The first-order valence-corrected chi connectivity index (χ1v) is 8.19. The average molecular weight is 324 g/mol. The van der Waals surface area contributed by atoms with Gasteiger partial charge < -0.3 is 14.8 Å². The molecule has 0 bridgehead atoms. The molecule has 0 saturated heterocycles. The second-order valence-electron chi connectivity index (χ2n) is 5.67. The molecule has 3 rings (SSSR count). The van der Waals surface area contributed by atoms with E-state index >= 15 is 0 Å².